The summed E-state index contributed by atoms with van der Waals surface area (Å²) >= 11 is 0. The van der Waals surface area contributed by atoms with Crippen molar-refractivity contribution in [2.45, 2.75) is 26.5 Å². The zero-order valence-corrected chi connectivity index (χ0v) is 16.2. The molecule has 1 saturated heterocycles. The van der Waals surface area contributed by atoms with E-state index in [-0.39, 0.29) is 0 Å². The van der Waals surface area contributed by atoms with Crippen molar-refractivity contribution in [3.8, 4) is 0 Å². The predicted octanol–water partition coefficient (Wildman–Crippen LogP) is 2.84. The Morgan fingerprint density at radius 2 is 1.74 bits per heavy atom. The zero-order valence-electron chi connectivity index (χ0n) is 16.2. The van der Waals surface area contributed by atoms with Gasteiger partial charge in [-0.3, -0.25) is 4.90 Å². The molecule has 0 spiro atoms. The molecule has 0 saturated carbocycles. The molecule has 5 heteroatoms. The molecular weight excluding hydrogens is 336 g/mol. The van der Waals surface area contributed by atoms with Crippen LogP contribution in [0.25, 0.3) is 11.0 Å². The van der Waals surface area contributed by atoms with E-state index in [9.17, 15) is 5.11 Å². The Hall–Kier alpha value is -2.37. The molecule has 0 bridgehead atoms. The monoisotopic (exact) mass is 364 g/mol. The van der Waals surface area contributed by atoms with E-state index >= 15 is 0 Å². The second-order valence-electron chi connectivity index (χ2n) is 7.60. The van der Waals surface area contributed by atoms with E-state index in [2.05, 4.69) is 52.9 Å². The van der Waals surface area contributed by atoms with E-state index in [0.29, 0.717) is 13.1 Å². The molecule has 1 N–H and O–H groups in total. The van der Waals surface area contributed by atoms with Crippen LogP contribution in [0.4, 0.5) is 5.69 Å². The minimum atomic E-state index is -0.393. The SMILES string of the molecule is Cc1ccc(N2CCN(CC(O)Cn3cnc4ccccc43)CC2)cc1C. The van der Waals surface area contributed by atoms with Crippen molar-refractivity contribution in [2.75, 3.05) is 37.6 Å². The first-order valence-corrected chi connectivity index (χ1v) is 9.72. The average Bonchev–Trinajstić information content (AvgIpc) is 3.07. The van der Waals surface area contributed by atoms with Crippen LogP contribution in [0.1, 0.15) is 11.1 Å². The van der Waals surface area contributed by atoms with E-state index in [1.54, 1.807) is 0 Å². The van der Waals surface area contributed by atoms with Gasteiger partial charge in [-0.25, -0.2) is 4.98 Å². The fraction of sp³-hybridized carbons (Fsp3) is 0.409. The largest absolute Gasteiger partial charge is 0.390 e. The standard InChI is InChI=1S/C22H28N4O/c1-17-7-8-19(13-18(17)2)25-11-9-24(10-12-25)14-20(27)15-26-16-23-21-5-3-4-6-22(21)26/h3-8,13,16,20,27H,9-12,14-15H2,1-2H3. The highest BCUT2D eigenvalue weighted by molar-refractivity contribution is 5.74. The van der Waals surface area contributed by atoms with Crippen molar-refractivity contribution in [3.63, 3.8) is 0 Å². The summed E-state index contributed by atoms with van der Waals surface area (Å²) in [6.45, 7) is 9.58. The number of nitrogens with zero attached hydrogens (tertiary/aromatic N) is 4. The Labute approximate surface area is 160 Å². The summed E-state index contributed by atoms with van der Waals surface area (Å²) in [7, 11) is 0. The number of hydrogen-bond donors (Lipinski definition) is 1. The molecule has 1 aromatic heterocycles. The number of hydrogen-bond acceptors (Lipinski definition) is 4. The van der Waals surface area contributed by atoms with Crippen molar-refractivity contribution in [1.82, 2.24) is 14.5 Å². The summed E-state index contributed by atoms with van der Waals surface area (Å²) in [5.41, 5.74) is 6.05. The highest BCUT2D eigenvalue weighted by Crippen LogP contribution is 2.20. The van der Waals surface area contributed by atoms with Crippen LogP contribution in [0.2, 0.25) is 0 Å². The van der Waals surface area contributed by atoms with Gasteiger partial charge in [0.05, 0.1) is 30.0 Å². The van der Waals surface area contributed by atoms with Crippen molar-refractivity contribution in [3.05, 3.63) is 59.9 Å². The van der Waals surface area contributed by atoms with E-state index in [4.69, 9.17) is 0 Å². The van der Waals surface area contributed by atoms with Crippen LogP contribution in [0.3, 0.4) is 0 Å². The van der Waals surface area contributed by atoms with E-state index in [0.717, 1.165) is 37.2 Å². The molecule has 2 heterocycles. The zero-order chi connectivity index (χ0) is 18.8. The van der Waals surface area contributed by atoms with E-state index < -0.39 is 6.10 Å². The summed E-state index contributed by atoms with van der Waals surface area (Å²) in [6.07, 6.45) is 1.43. The molecule has 0 aliphatic carbocycles. The lowest BCUT2D eigenvalue weighted by Gasteiger charge is -2.37. The summed E-state index contributed by atoms with van der Waals surface area (Å²) in [6, 6.07) is 14.8. The number of rotatable bonds is 5. The summed E-state index contributed by atoms with van der Waals surface area (Å²) in [4.78, 5) is 9.21. The van der Waals surface area contributed by atoms with Gasteiger partial charge in [0.1, 0.15) is 0 Å². The molecule has 0 radical (unpaired) electrons. The Morgan fingerprint density at radius 1 is 0.963 bits per heavy atom. The number of aliphatic hydroxyl groups excluding tert-OH is 1. The van der Waals surface area contributed by atoms with Gasteiger partial charge < -0.3 is 14.6 Å². The minimum absolute atomic E-state index is 0.393. The van der Waals surface area contributed by atoms with Crippen molar-refractivity contribution in [1.29, 1.82) is 0 Å². The number of fused-ring (bicyclic) bond motifs is 1. The molecule has 4 rings (SSSR count). The number of benzene rings is 2. The van der Waals surface area contributed by atoms with E-state index in [1.165, 1.54) is 16.8 Å². The fourth-order valence-electron chi connectivity index (χ4n) is 3.85. The van der Waals surface area contributed by atoms with Gasteiger partial charge in [0.25, 0.3) is 0 Å². The van der Waals surface area contributed by atoms with Crippen molar-refractivity contribution >= 4 is 16.7 Å². The van der Waals surface area contributed by atoms with Gasteiger partial charge in [-0.05, 0) is 49.2 Å². The first-order valence-electron chi connectivity index (χ1n) is 9.72. The average molecular weight is 364 g/mol. The lowest BCUT2D eigenvalue weighted by molar-refractivity contribution is 0.0959. The Morgan fingerprint density at radius 3 is 2.52 bits per heavy atom. The van der Waals surface area contributed by atoms with Crippen LogP contribution >= 0.6 is 0 Å². The summed E-state index contributed by atoms with van der Waals surface area (Å²) in [5, 5.41) is 10.6. The maximum absolute atomic E-state index is 10.6. The number of aromatic nitrogens is 2. The molecule has 1 unspecified atom stereocenters. The van der Waals surface area contributed by atoms with Crippen LogP contribution in [-0.4, -0.2) is 58.4 Å². The van der Waals surface area contributed by atoms with Gasteiger partial charge in [0.15, 0.2) is 0 Å². The molecule has 2 aromatic carbocycles. The lowest BCUT2D eigenvalue weighted by Crippen LogP contribution is -2.49. The molecule has 0 amide bonds. The number of anilines is 1. The molecule has 27 heavy (non-hydrogen) atoms. The van der Waals surface area contributed by atoms with Gasteiger partial charge in [0.2, 0.25) is 0 Å². The van der Waals surface area contributed by atoms with Gasteiger partial charge >= 0.3 is 0 Å². The fourth-order valence-corrected chi connectivity index (χ4v) is 3.85. The lowest BCUT2D eigenvalue weighted by atomic mass is 10.1. The highest BCUT2D eigenvalue weighted by atomic mass is 16.3. The van der Waals surface area contributed by atoms with Gasteiger partial charge in [-0.1, -0.05) is 18.2 Å². The Balaban J connectivity index is 1.31. The maximum Gasteiger partial charge on any atom is 0.0959 e. The third-order valence-electron chi connectivity index (χ3n) is 5.63. The highest BCUT2D eigenvalue weighted by Gasteiger charge is 2.20. The first kappa shape index (κ1) is 18.0. The molecule has 142 valence electrons. The minimum Gasteiger partial charge on any atom is -0.390 e. The Kier molecular flexibility index (Phi) is 5.14. The molecule has 3 aromatic rings. The molecule has 1 aliphatic rings. The molecule has 1 atom stereocenters. The number of imidazole rings is 1. The third-order valence-corrected chi connectivity index (χ3v) is 5.63. The second kappa shape index (κ2) is 7.71. The maximum atomic E-state index is 10.6. The van der Waals surface area contributed by atoms with Crippen LogP contribution in [0, 0.1) is 13.8 Å². The van der Waals surface area contributed by atoms with Gasteiger partial charge in [-0.15, -0.1) is 0 Å². The number of β-amino-alcohol motifs (C(OH)–C–C–N with tert-alkyl or cyclic N) is 1. The second-order valence-corrected chi connectivity index (χ2v) is 7.60. The number of para-hydroxylation sites is 2. The molecule has 1 fully saturated rings. The van der Waals surface area contributed by atoms with Crippen LogP contribution < -0.4 is 4.90 Å². The van der Waals surface area contributed by atoms with Crippen LogP contribution in [0.15, 0.2) is 48.8 Å². The van der Waals surface area contributed by atoms with Crippen LogP contribution in [-0.2, 0) is 6.54 Å². The van der Waals surface area contributed by atoms with Crippen LogP contribution in [0.5, 0.6) is 0 Å². The van der Waals surface area contributed by atoms with Crippen molar-refractivity contribution < 1.29 is 5.11 Å². The summed E-state index contributed by atoms with van der Waals surface area (Å²) in [5.74, 6) is 0. The van der Waals surface area contributed by atoms with Crippen molar-refractivity contribution in [2.24, 2.45) is 0 Å². The first-order chi connectivity index (χ1) is 13.1. The predicted molar refractivity (Wildman–Crippen MR) is 110 cm³/mol. The molecule has 1 aliphatic heterocycles. The third kappa shape index (κ3) is 3.99. The number of piperazine rings is 1. The Bertz CT molecular complexity index is 912. The molecular formula is C22H28N4O. The quantitative estimate of drug-likeness (QED) is 0.756. The number of aliphatic hydroxyl groups is 1. The topological polar surface area (TPSA) is 44.5 Å². The van der Waals surface area contributed by atoms with Gasteiger partial charge in [-0.2, -0.15) is 0 Å². The number of aryl methyl sites for hydroxylation is 2. The molecule has 5 nitrogen and oxygen atoms in total. The smallest absolute Gasteiger partial charge is 0.0959 e. The normalized spacial score (nSPS) is 16.8. The van der Waals surface area contributed by atoms with E-state index in [1.807, 2.05) is 29.1 Å². The summed E-state index contributed by atoms with van der Waals surface area (Å²) < 4.78 is 2.05. The van der Waals surface area contributed by atoms with Gasteiger partial charge in [0, 0.05) is 38.4 Å².